The molecule has 0 N–H and O–H groups in total. The van der Waals surface area contributed by atoms with Crippen LogP contribution >= 0.6 is 31.9 Å². The molecule has 19 heavy (non-hydrogen) atoms. The summed E-state index contributed by atoms with van der Waals surface area (Å²) in [5.41, 5.74) is 1.19. The summed E-state index contributed by atoms with van der Waals surface area (Å²) >= 11 is 6.44. The number of benzene rings is 2. The first kappa shape index (κ1) is 14.5. The zero-order valence-electron chi connectivity index (χ0n) is 9.80. The average Bonchev–Trinajstić information content (AvgIpc) is 2.37. The van der Waals surface area contributed by atoms with Crippen molar-refractivity contribution in [2.24, 2.45) is 0 Å². The predicted octanol–water partition coefficient (Wildman–Crippen LogP) is 5.20. The van der Waals surface area contributed by atoms with E-state index in [9.17, 15) is 8.78 Å². The second-order valence-corrected chi connectivity index (χ2v) is 5.43. The van der Waals surface area contributed by atoms with E-state index in [0.29, 0.717) is 21.1 Å². The largest absolute Gasteiger partial charge is 0.489 e. The van der Waals surface area contributed by atoms with E-state index in [4.69, 9.17) is 4.74 Å². The van der Waals surface area contributed by atoms with E-state index in [2.05, 4.69) is 31.9 Å². The zero-order chi connectivity index (χ0) is 13.8. The van der Waals surface area contributed by atoms with Gasteiger partial charge in [0.15, 0.2) is 0 Å². The monoisotopic (exact) mass is 390 g/mol. The number of hydrogen-bond donors (Lipinski definition) is 0. The normalized spacial score (nSPS) is 10.5. The van der Waals surface area contributed by atoms with E-state index >= 15 is 0 Å². The fourth-order valence-electron chi connectivity index (χ4n) is 1.58. The molecule has 5 heteroatoms. The van der Waals surface area contributed by atoms with Gasteiger partial charge in [0.25, 0.3) is 0 Å². The van der Waals surface area contributed by atoms with E-state index in [0.717, 1.165) is 5.56 Å². The van der Waals surface area contributed by atoms with Gasteiger partial charge >= 0.3 is 0 Å². The molecule has 0 aliphatic heterocycles. The number of rotatable bonds is 4. The van der Waals surface area contributed by atoms with Crippen molar-refractivity contribution >= 4 is 31.9 Å². The second kappa shape index (κ2) is 6.48. The highest BCUT2D eigenvalue weighted by Gasteiger charge is 2.05. The van der Waals surface area contributed by atoms with Gasteiger partial charge in [0.2, 0.25) is 0 Å². The Morgan fingerprint density at radius 3 is 2.53 bits per heavy atom. The summed E-state index contributed by atoms with van der Waals surface area (Å²) in [6, 6.07) is 9.15. The average molecular weight is 392 g/mol. The molecule has 1 nitrogen and oxygen atoms in total. The third-order valence-corrected chi connectivity index (χ3v) is 3.64. The van der Waals surface area contributed by atoms with Crippen molar-refractivity contribution in [1.29, 1.82) is 0 Å². The van der Waals surface area contributed by atoms with Crippen molar-refractivity contribution in [3.05, 3.63) is 63.6 Å². The van der Waals surface area contributed by atoms with Crippen LogP contribution < -0.4 is 4.74 Å². The molecule has 2 aromatic carbocycles. The Bertz CT molecular complexity index is 588. The molecule has 0 amide bonds. The van der Waals surface area contributed by atoms with Gasteiger partial charge < -0.3 is 4.74 Å². The van der Waals surface area contributed by atoms with Gasteiger partial charge in [-0.3, -0.25) is 0 Å². The summed E-state index contributed by atoms with van der Waals surface area (Å²) in [5.74, 6) is -0.341. The first-order valence-electron chi connectivity index (χ1n) is 5.50. The van der Waals surface area contributed by atoms with E-state index in [1.165, 1.54) is 18.2 Å². The fourth-order valence-corrected chi connectivity index (χ4v) is 2.24. The molecule has 2 rings (SSSR count). The summed E-state index contributed by atoms with van der Waals surface area (Å²) in [6.45, 7) is 0.0598. The Hall–Kier alpha value is -0.940. The lowest BCUT2D eigenvalue weighted by atomic mass is 10.2. The van der Waals surface area contributed by atoms with E-state index < -0.39 is 0 Å². The van der Waals surface area contributed by atoms with Crippen LogP contribution in [0.4, 0.5) is 8.78 Å². The van der Waals surface area contributed by atoms with Gasteiger partial charge in [-0.05, 0) is 29.8 Å². The minimum absolute atomic E-state index is 0.0598. The van der Waals surface area contributed by atoms with Crippen LogP contribution in [0.25, 0.3) is 0 Å². The topological polar surface area (TPSA) is 9.23 Å². The van der Waals surface area contributed by atoms with Gasteiger partial charge in [-0.1, -0.05) is 37.9 Å². The standard InChI is InChI=1S/C14H10Br2F2O/c15-7-9-3-12(17)6-13(4-9)19-8-10-1-2-11(16)5-14(10)18/h1-6H,7-8H2. The van der Waals surface area contributed by atoms with Crippen LogP contribution in [0.15, 0.2) is 40.9 Å². The molecule has 2 aromatic rings. The van der Waals surface area contributed by atoms with Gasteiger partial charge in [0.1, 0.15) is 24.0 Å². The van der Waals surface area contributed by atoms with Crippen molar-refractivity contribution in [3.8, 4) is 5.75 Å². The summed E-state index contributed by atoms with van der Waals surface area (Å²) in [5, 5.41) is 0.535. The highest BCUT2D eigenvalue weighted by Crippen LogP contribution is 2.21. The van der Waals surface area contributed by atoms with Crippen LogP contribution in [0.1, 0.15) is 11.1 Å². The summed E-state index contributed by atoms with van der Waals surface area (Å²) in [4.78, 5) is 0. The molecule has 0 aromatic heterocycles. The molecule has 0 radical (unpaired) electrons. The number of hydrogen-bond acceptors (Lipinski definition) is 1. The third kappa shape index (κ3) is 4.01. The smallest absolute Gasteiger partial charge is 0.130 e. The number of halogens is 4. The SMILES string of the molecule is Fc1cc(CBr)cc(OCc2ccc(Br)cc2F)c1. The van der Waals surface area contributed by atoms with Crippen molar-refractivity contribution in [2.45, 2.75) is 11.9 Å². The molecule has 100 valence electrons. The van der Waals surface area contributed by atoms with Gasteiger partial charge in [-0.15, -0.1) is 0 Å². The second-order valence-electron chi connectivity index (χ2n) is 3.95. The maximum Gasteiger partial charge on any atom is 0.130 e. The maximum atomic E-state index is 13.6. The Morgan fingerprint density at radius 2 is 1.84 bits per heavy atom. The van der Waals surface area contributed by atoms with Gasteiger partial charge in [-0.2, -0.15) is 0 Å². The van der Waals surface area contributed by atoms with Crippen LogP contribution in [0, 0.1) is 11.6 Å². The van der Waals surface area contributed by atoms with Crippen LogP contribution in [0.3, 0.4) is 0 Å². The third-order valence-electron chi connectivity index (χ3n) is 2.49. The minimum Gasteiger partial charge on any atom is -0.489 e. The Balaban J connectivity index is 2.12. The van der Waals surface area contributed by atoms with E-state index in [1.807, 2.05) is 0 Å². The highest BCUT2D eigenvalue weighted by atomic mass is 79.9. The van der Waals surface area contributed by atoms with Crippen LogP contribution in [-0.2, 0) is 11.9 Å². The molecule has 0 atom stereocenters. The first-order chi connectivity index (χ1) is 9.08. The molecule has 0 heterocycles. The van der Waals surface area contributed by atoms with Crippen LogP contribution in [0.2, 0.25) is 0 Å². The van der Waals surface area contributed by atoms with E-state index in [1.54, 1.807) is 18.2 Å². The summed E-state index contributed by atoms with van der Waals surface area (Å²) in [6.07, 6.45) is 0. The minimum atomic E-state index is -0.372. The Labute approximate surface area is 126 Å². The summed E-state index contributed by atoms with van der Waals surface area (Å²) < 4.78 is 33.0. The summed E-state index contributed by atoms with van der Waals surface area (Å²) in [7, 11) is 0. The van der Waals surface area contributed by atoms with Crippen LogP contribution in [0.5, 0.6) is 5.75 Å². The van der Waals surface area contributed by atoms with E-state index in [-0.39, 0.29) is 18.2 Å². The fraction of sp³-hybridized carbons (Fsp3) is 0.143. The number of ether oxygens (including phenoxy) is 1. The van der Waals surface area contributed by atoms with Crippen molar-refractivity contribution in [2.75, 3.05) is 0 Å². The lowest BCUT2D eigenvalue weighted by Gasteiger charge is -2.09. The van der Waals surface area contributed by atoms with Crippen LogP contribution in [-0.4, -0.2) is 0 Å². The molecule has 0 aliphatic carbocycles. The number of alkyl halides is 1. The van der Waals surface area contributed by atoms with Crippen molar-refractivity contribution in [3.63, 3.8) is 0 Å². The molecule has 0 bridgehead atoms. The molecule has 0 spiro atoms. The molecule has 0 fully saturated rings. The molecule has 0 saturated carbocycles. The van der Waals surface area contributed by atoms with Gasteiger partial charge in [0, 0.05) is 21.4 Å². The Morgan fingerprint density at radius 1 is 1.05 bits per heavy atom. The molecule has 0 unspecified atom stereocenters. The molecule has 0 aliphatic rings. The van der Waals surface area contributed by atoms with Crippen molar-refractivity contribution in [1.82, 2.24) is 0 Å². The maximum absolute atomic E-state index is 13.6. The molecular formula is C14H10Br2F2O. The lowest BCUT2D eigenvalue weighted by Crippen LogP contribution is -1.99. The molecule has 0 saturated heterocycles. The van der Waals surface area contributed by atoms with Crippen molar-refractivity contribution < 1.29 is 13.5 Å². The van der Waals surface area contributed by atoms with Gasteiger partial charge in [-0.25, -0.2) is 8.78 Å². The quantitative estimate of drug-likeness (QED) is 0.650. The Kier molecular flexibility index (Phi) is 4.93. The predicted molar refractivity (Wildman–Crippen MR) is 77.5 cm³/mol. The highest BCUT2D eigenvalue weighted by molar-refractivity contribution is 9.10. The lowest BCUT2D eigenvalue weighted by molar-refractivity contribution is 0.298. The molecular weight excluding hydrogens is 382 g/mol. The first-order valence-corrected chi connectivity index (χ1v) is 7.42. The van der Waals surface area contributed by atoms with Gasteiger partial charge in [0.05, 0.1) is 0 Å². The zero-order valence-corrected chi connectivity index (χ0v) is 13.0.